The lowest BCUT2D eigenvalue weighted by Gasteiger charge is -1.99. The maximum absolute atomic E-state index is 13.6. The van der Waals surface area contributed by atoms with Crippen molar-refractivity contribution in [2.45, 2.75) is 26.2 Å². The molecule has 1 fully saturated rings. The fraction of sp³-hybridized carbons (Fsp3) is 0.385. The van der Waals surface area contributed by atoms with E-state index in [2.05, 4.69) is 24.0 Å². The van der Waals surface area contributed by atoms with Crippen LogP contribution in [-0.2, 0) is 0 Å². The zero-order valence-corrected chi connectivity index (χ0v) is 10.1. The van der Waals surface area contributed by atoms with E-state index in [1.165, 1.54) is 18.2 Å². The molecule has 94 valence electrons. The summed E-state index contributed by atoms with van der Waals surface area (Å²) in [6.07, 6.45) is 0.995. The van der Waals surface area contributed by atoms with Gasteiger partial charge in [0.25, 0.3) is 5.89 Å². The largest absolute Gasteiger partial charge is 0.507 e. The summed E-state index contributed by atoms with van der Waals surface area (Å²) in [5.41, 5.74) is 0.146. The number of phenols is 1. The maximum atomic E-state index is 13.6. The number of benzene rings is 1. The Morgan fingerprint density at radius 2 is 2.17 bits per heavy atom. The van der Waals surface area contributed by atoms with Crippen molar-refractivity contribution in [1.29, 1.82) is 0 Å². The molecule has 1 heterocycles. The van der Waals surface area contributed by atoms with Gasteiger partial charge in [0, 0.05) is 5.92 Å². The third-order valence-electron chi connectivity index (χ3n) is 3.47. The minimum Gasteiger partial charge on any atom is -0.507 e. The molecule has 4 nitrogen and oxygen atoms in total. The Balaban J connectivity index is 1.99. The van der Waals surface area contributed by atoms with Crippen LogP contribution >= 0.6 is 0 Å². The predicted molar refractivity (Wildman–Crippen MR) is 62.5 cm³/mol. The number of aromatic hydroxyl groups is 1. The van der Waals surface area contributed by atoms with Gasteiger partial charge in [-0.25, -0.2) is 4.39 Å². The summed E-state index contributed by atoms with van der Waals surface area (Å²) in [5, 5.41) is 13.5. The third-order valence-corrected chi connectivity index (χ3v) is 3.47. The monoisotopic (exact) mass is 248 g/mol. The van der Waals surface area contributed by atoms with Gasteiger partial charge in [-0.1, -0.05) is 25.1 Å². The molecule has 1 N–H and O–H groups in total. The van der Waals surface area contributed by atoms with Crippen LogP contribution < -0.4 is 0 Å². The molecule has 1 aliphatic rings. The van der Waals surface area contributed by atoms with Gasteiger partial charge >= 0.3 is 0 Å². The first-order valence-corrected chi connectivity index (χ1v) is 5.80. The Hall–Kier alpha value is -1.91. The molecule has 1 aliphatic carbocycles. The average molecular weight is 248 g/mol. The molecule has 5 heteroatoms. The van der Waals surface area contributed by atoms with Gasteiger partial charge in [0.2, 0.25) is 0 Å². The standard InChI is InChI=1S/C13H13FN2O2/c1-13(2)6-7(13)11-15-12(18-16-11)10-8(14)4-3-5-9(10)17/h3-5,7,17H,6H2,1-2H3. The van der Waals surface area contributed by atoms with Crippen LogP contribution in [0.5, 0.6) is 5.75 Å². The van der Waals surface area contributed by atoms with Crippen molar-refractivity contribution < 1.29 is 14.0 Å². The van der Waals surface area contributed by atoms with Crippen molar-refractivity contribution in [2.75, 3.05) is 0 Å². The van der Waals surface area contributed by atoms with Crippen LogP contribution in [0.1, 0.15) is 32.0 Å². The highest BCUT2D eigenvalue weighted by Gasteiger charge is 2.49. The molecule has 3 rings (SSSR count). The molecule has 1 saturated carbocycles. The second-order valence-electron chi connectivity index (χ2n) is 5.34. The Morgan fingerprint density at radius 1 is 1.44 bits per heavy atom. The fourth-order valence-electron chi connectivity index (χ4n) is 2.11. The lowest BCUT2D eigenvalue weighted by atomic mass is 10.1. The molecule has 0 saturated heterocycles. The molecule has 1 atom stereocenters. The summed E-state index contributed by atoms with van der Waals surface area (Å²) >= 11 is 0. The first-order chi connectivity index (χ1) is 8.49. The van der Waals surface area contributed by atoms with Gasteiger partial charge in [-0.3, -0.25) is 0 Å². The van der Waals surface area contributed by atoms with Crippen LogP contribution in [-0.4, -0.2) is 15.2 Å². The van der Waals surface area contributed by atoms with Crippen molar-refractivity contribution in [1.82, 2.24) is 10.1 Å². The molecule has 0 spiro atoms. The lowest BCUT2D eigenvalue weighted by molar-refractivity contribution is 0.411. The van der Waals surface area contributed by atoms with Crippen LogP contribution in [0.4, 0.5) is 4.39 Å². The quantitative estimate of drug-likeness (QED) is 0.887. The number of phenolic OH excluding ortho intramolecular Hbond substituents is 1. The summed E-state index contributed by atoms with van der Waals surface area (Å²) < 4.78 is 18.7. The van der Waals surface area contributed by atoms with Gasteiger partial charge < -0.3 is 9.63 Å². The highest BCUT2D eigenvalue weighted by atomic mass is 19.1. The number of halogens is 1. The van der Waals surface area contributed by atoms with Gasteiger partial charge in [0.15, 0.2) is 5.82 Å². The number of aromatic nitrogens is 2. The van der Waals surface area contributed by atoms with Crippen molar-refractivity contribution in [2.24, 2.45) is 5.41 Å². The Labute approximate surface area is 103 Å². The van der Waals surface area contributed by atoms with E-state index >= 15 is 0 Å². The van der Waals surface area contributed by atoms with Crippen molar-refractivity contribution in [3.8, 4) is 17.2 Å². The van der Waals surface area contributed by atoms with Crippen molar-refractivity contribution in [3.05, 3.63) is 29.8 Å². The van der Waals surface area contributed by atoms with Gasteiger partial charge in [-0.15, -0.1) is 0 Å². The van der Waals surface area contributed by atoms with E-state index in [9.17, 15) is 9.50 Å². The molecule has 0 bridgehead atoms. The van der Waals surface area contributed by atoms with Crippen LogP contribution in [0.25, 0.3) is 11.5 Å². The average Bonchev–Trinajstić information content (AvgIpc) is 2.74. The first-order valence-electron chi connectivity index (χ1n) is 5.80. The zero-order chi connectivity index (χ0) is 12.9. The fourth-order valence-corrected chi connectivity index (χ4v) is 2.11. The number of hydrogen-bond donors (Lipinski definition) is 1. The Bertz CT molecular complexity index is 587. The van der Waals surface area contributed by atoms with E-state index in [4.69, 9.17) is 4.52 Å². The van der Waals surface area contributed by atoms with Crippen LogP contribution in [0, 0.1) is 11.2 Å². The Kier molecular flexibility index (Phi) is 2.20. The van der Waals surface area contributed by atoms with Gasteiger partial charge in [0.05, 0.1) is 0 Å². The lowest BCUT2D eigenvalue weighted by Crippen LogP contribution is -1.92. The van der Waals surface area contributed by atoms with Crippen LogP contribution in [0.2, 0.25) is 0 Å². The van der Waals surface area contributed by atoms with E-state index in [-0.39, 0.29) is 28.5 Å². The molecule has 18 heavy (non-hydrogen) atoms. The summed E-state index contributed by atoms with van der Waals surface area (Å²) in [6, 6.07) is 4.07. The smallest absolute Gasteiger partial charge is 0.264 e. The SMILES string of the molecule is CC1(C)CC1c1noc(-c2c(O)cccc2F)n1. The van der Waals surface area contributed by atoms with Gasteiger partial charge in [-0.05, 0) is 24.0 Å². The highest BCUT2D eigenvalue weighted by molar-refractivity contribution is 5.62. The zero-order valence-electron chi connectivity index (χ0n) is 10.1. The number of hydrogen-bond acceptors (Lipinski definition) is 4. The summed E-state index contributed by atoms with van der Waals surface area (Å²) in [7, 11) is 0. The van der Waals surface area contributed by atoms with Gasteiger partial charge in [-0.2, -0.15) is 4.98 Å². The second kappa shape index (κ2) is 3.54. The number of rotatable bonds is 2. The molecular formula is C13H13FN2O2. The third kappa shape index (κ3) is 1.66. The normalized spacial score (nSPS) is 20.9. The predicted octanol–water partition coefficient (Wildman–Crippen LogP) is 3.09. The molecule has 2 aromatic rings. The molecule has 1 aromatic carbocycles. The van der Waals surface area contributed by atoms with Crippen LogP contribution in [0.3, 0.4) is 0 Å². The second-order valence-corrected chi connectivity index (χ2v) is 5.34. The summed E-state index contributed by atoms with van der Waals surface area (Å²) in [6.45, 7) is 4.24. The minimum atomic E-state index is -0.569. The topological polar surface area (TPSA) is 59.2 Å². The van der Waals surface area contributed by atoms with Gasteiger partial charge in [0.1, 0.15) is 17.1 Å². The molecule has 1 unspecified atom stereocenters. The van der Waals surface area contributed by atoms with Crippen molar-refractivity contribution in [3.63, 3.8) is 0 Å². The first kappa shape index (κ1) is 11.2. The number of nitrogens with zero attached hydrogens (tertiary/aromatic N) is 2. The van der Waals surface area contributed by atoms with E-state index < -0.39 is 5.82 Å². The van der Waals surface area contributed by atoms with E-state index in [0.29, 0.717) is 5.82 Å². The van der Waals surface area contributed by atoms with E-state index in [0.717, 1.165) is 6.42 Å². The summed E-state index contributed by atoms with van der Waals surface area (Å²) in [5.74, 6) is 0.102. The highest BCUT2D eigenvalue weighted by Crippen LogP contribution is 2.57. The van der Waals surface area contributed by atoms with E-state index in [1.54, 1.807) is 0 Å². The minimum absolute atomic E-state index is 0.0308. The molecule has 1 aromatic heterocycles. The Morgan fingerprint density at radius 3 is 2.78 bits per heavy atom. The van der Waals surface area contributed by atoms with E-state index in [1.807, 2.05) is 0 Å². The molecular weight excluding hydrogens is 235 g/mol. The molecule has 0 aliphatic heterocycles. The molecule has 0 amide bonds. The maximum Gasteiger partial charge on any atom is 0.264 e. The summed E-state index contributed by atoms with van der Waals surface area (Å²) in [4.78, 5) is 4.18. The van der Waals surface area contributed by atoms with Crippen molar-refractivity contribution >= 4 is 0 Å². The van der Waals surface area contributed by atoms with Crippen LogP contribution in [0.15, 0.2) is 22.7 Å². The molecule has 0 radical (unpaired) electrons.